The normalized spacial score (nSPS) is 15.3. The van der Waals surface area contributed by atoms with E-state index in [2.05, 4.69) is 24.5 Å². The van der Waals surface area contributed by atoms with Gasteiger partial charge < -0.3 is 20.1 Å². The maximum atomic E-state index is 12.9. The van der Waals surface area contributed by atoms with E-state index in [-0.39, 0.29) is 17.4 Å². The van der Waals surface area contributed by atoms with Crippen molar-refractivity contribution in [3.8, 4) is 0 Å². The van der Waals surface area contributed by atoms with Crippen LogP contribution in [0.2, 0.25) is 0 Å². The van der Waals surface area contributed by atoms with Crippen LogP contribution in [0, 0.1) is 0 Å². The van der Waals surface area contributed by atoms with Gasteiger partial charge in [0, 0.05) is 25.7 Å². The lowest BCUT2D eigenvalue weighted by atomic mass is 10.0. The van der Waals surface area contributed by atoms with Crippen molar-refractivity contribution in [3.63, 3.8) is 0 Å². The maximum absolute atomic E-state index is 12.9. The number of carbonyl (C=O) groups excluding carboxylic acids is 3. The minimum atomic E-state index is -1.31. The number of ether oxygens (including phenoxy) is 2. The fraction of sp³-hybridized carbons (Fsp3) is 0.261. The van der Waals surface area contributed by atoms with Crippen LogP contribution in [0.25, 0.3) is 0 Å². The van der Waals surface area contributed by atoms with Gasteiger partial charge in [-0.15, -0.1) is 0 Å². The maximum Gasteiger partial charge on any atom is 0.350 e. The van der Waals surface area contributed by atoms with Gasteiger partial charge in [-0.3, -0.25) is 4.79 Å². The molecule has 2 N–H and O–H groups in total. The van der Waals surface area contributed by atoms with Crippen LogP contribution in [0.5, 0.6) is 0 Å². The van der Waals surface area contributed by atoms with Gasteiger partial charge in [-0.05, 0) is 29.7 Å². The molecule has 30 heavy (non-hydrogen) atoms. The number of cyclic esters (lactones) is 2. The molecular weight excluding hydrogens is 384 g/mol. The van der Waals surface area contributed by atoms with Crippen molar-refractivity contribution in [1.82, 2.24) is 0 Å². The van der Waals surface area contributed by atoms with Gasteiger partial charge in [0.1, 0.15) is 0 Å². The lowest BCUT2D eigenvalue weighted by Gasteiger charge is -2.29. The number of para-hydroxylation sites is 2. The second-order valence-corrected chi connectivity index (χ2v) is 7.62. The molecule has 0 aliphatic carbocycles. The molecule has 2 aromatic carbocycles. The van der Waals surface area contributed by atoms with Gasteiger partial charge in [0.15, 0.2) is 5.57 Å². The van der Waals surface area contributed by atoms with E-state index < -0.39 is 17.7 Å². The minimum Gasteiger partial charge on any atom is -0.419 e. The Bertz CT molecular complexity index is 1000. The zero-order valence-corrected chi connectivity index (χ0v) is 17.3. The fourth-order valence-corrected chi connectivity index (χ4v) is 3.04. The van der Waals surface area contributed by atoms with Crippen molar-refractivity contribution in [2.75, 3.05) is 10.6 Å². The molecule has 0 atom stereocenters. The number of amides is 1. The molecule has 1 fully saturated rings. The van der Waals surface area contributed by atoms with E-state index >= 15 is 0 Å². The van der Waals surface area contributed by atoms with Crippen LogP contribution in [0.1, 0.15) is 49.5 Å². The smallest absolute Gasteiger partial charge is 0.350 e. The molecule has 1 aliphatic rings. The third-order valence-electron chi connectivity index (χ3n) is 4.49. The largest absolute Gasteiger partial charge is 0.419 e. The van der Waals surface area contributed by atoms with Gasteiger partial charge >= 0.3 is 11.9 Å². The van der Waals surface area contributed by atoms with Crippen LogP contribution in [0.4, 0.5) is 11.4 Å². The summed E-state index contributed by atoms with van der Waals surface area (Å²) in [5.74, 6) is -2.98. The first kappa shape index (κ1) is 21.1. The van der Waals surface area contributed by atoms with Crippen molar-refractivity contribution >= 4 is 29.2 Å². The number of nitrogens with one attached hydrogen (secondary N) is 2. The van der Waals surface area contributed by atoms with Gasteiger partial charge in [0.2, 0.25) is 0 Å². The van der Waals surface area contributed by atoms with Crippen LogP contribution < -0.4 is 10.6 Å². The van der Waals surface area contributed by atoms with Gasteiger partial charge in [-0.1, -0.05) is 44.2 Å². The molecule has 7 nitrogen and oxygen atoms in total. The van der Waals surface area contributed by atoms with Crippen molar-refractivity contribution in [3.05, 3.63) is 71.4 Å². The molecule has 0 saturated carbocycles. The van der Waals surface area contributed by atoms with Gasteiger partial charge in [0.25, 0.3) is 11.7 Å². The van der Waals surface area contributed by atoms with Crippen LogP contribution in [0.15, 0.2) is 60.3 Å². The number of rotatable bonds is 5. The van der Waals surface area contributed by atoms with E-state index in [1.165, 1.54) is 20.0 Å². The Kier molecular flexibility index (Phi) is 5.91. The third-order valence-corrected chi connectivity index (χ3v) is 4.49. The second-order valence-electron chi connectivity index (χ2n) is 7.62. The number of benzene rings is 2. The quantitative estimate of drug-likeness (QED) is 0.438. The molecule has 1 aliphatic heterocycles. The molecule has 1 heterocycles. The van der Waals surface area contributed by atoms with E-state index in [9.17, 15) is 14.4 Å². The summed E-state index contributed by atoms with van der Waals surface area (Å²) < 4.78 is 10.1. The van der Waals surface area contributed by atoms with Crippen LogP contribution >= 0.6 is 0 Å². The van der Waals surface area contributed by atoms with Gasteiger partial charge in [0.05, 0.1) is 11.3 Å². The van der Waals surface area contributed by atoms with Crippen LogP contribution in [-0.2, 0) is 19.1 Å². The second kappa shape index (κ2) is 8.41. The Morgan fingerprint density at radius 3 is 2.13 bits per heavy atom. The van der Waals surface area contributed by atoms with E-state index in [1.54, 1.807) is 24.3 Å². The highest BCUT2D eigenvalue weighted by Gasteiger charge is 2.39. The summed E-state index contributed by atoms with van der Waals surface area (Å²) in [4.78, 5) is 37.1. The predicted molar refractivity (Wildman–Crippen MR) is 113 cm³/mol. The van der Waals surface area contributed by atoms with Crippen molar-refractivity contribution in [2.45, 2.75) is 39.4 Å². The number of carbonyl (C=O) groups is 3. The molecule has 2 aromatic rings. The lowest BCUT2D eigenvalue weighted by molar-refractivity contribution is -0.222. The molecule has 0 spiro atoms. The summed E-state index contributed by atoms with van der Waals surface area (Å²) in [6, 6.07) is 14.4. The number of hydrogen-bond acceptors (Lipinski definition) is 6. The molecule has 0 bridgehead atoms. The van der Waals surface area contributed by atoms with Crippen molar-refractivity contribution in [2.24, 2.45) is 0 Å². The summed E-state index contributed by atoms with van der Waals surface area (Å²) >= 11 is 0. The average molecular weight is 408 g/mol. The zero-order chi connectivity index (χ0) is 21.9. The fourth-order valence-electron chi connectivity index (χ4n) is 3.04. The van der Waals surface area contributed by atoms with Crippen LogP contribution in [0.3, 0.4) is 0 Å². The Morgan fingerprint density at radius 1 is 0.933 bits per heavy atom. The van der Waals surface area contributed by atoms with E-state index in [4.69, 9.17) is 9.47 Å². The molecule has 0 unspecified atom stereocenters. The highest BCUT2D eigenvalue weighted by Crippen LogP contribution is 2.26. The average Bonchev–Trinajstić information content (AvgIpc) is 2.67. The van der Waals surface area contributed by atoms with E-state index in [0.29, 0.717) is 11.3 Å². The standard InChI is InChI=1S/C23H24N2O5/c1-14(2)15-9-5-8-12-19(15)25-20(26)16-10-6-7-11-18(16)24-13-17-21(27)29-23(3,4)30-22(17)28/h5-14,24H,1-4H3,(H,25,26). The first-order chi connectivity index (χ1) is 14.2. The van der Waals surface area contributed by atoms with Crippen LogP contribution in [-0.4, -0.2) is 23.6 Å². The van der Waals surface area contributed by atoms with Gasteiger partial charge in [-0.25, -0.2) is 9.59 Å². The SMILES string of the molecule is CC(C)c1ccccc1NC(=O)c1ccccc1NC=C1C(=O)OC(C)(C)OC1=O. The molecule has 0 radical (unpaired) electrons. The summed E-state index contributed by atoms with van der Waals surface area (Å²) in [5, 5.41) is 5.78. The third kappa shape index (κ3) is 4.68. The summed E-state index contributed by atoms with van der Waals surface area (Å²) in [6.45, 7) is 7.05. The molecule has 7 heteroatoms. The molecular formula is C23H24N2O5. The van der Waals surface area contributed by atoms with E-state index in [0.717, 1.165) is 11.3 Å². The topological polar surface area (TPSA) is 93.7 Å². The molecule has 156 valence electrons. The molecule has 0 aromatic heterocycles. The number of esters is 2. The van der Waals surface area contributed by atoms with Crippen molar-refractivity contribution < 1.29 is 23.9 Å². The zero-order valence-electron chi connectivity index (χ0n) is 17.3. The predicted octanol–water partition coefficient (Wildman–Crippen LogP) is 4.19. The summed E-state index contributed by atoms with van der Waals surface area (Å²) in [6.07, 6.45) is 1.19. The Labute approximate surface area is 175 Å². The highest BCUT2D eigenvalue weighted by molar-refractivity contribution is 6.15. The van der Waals surface area contributed by atoms with Crippen molar-refractivity contribution in [1.29, 1.82) is 0 Å². The number of hydrogen-bond donors (Lipinski definition) is 2. The van der Waals surface area contributed by atoms with Gasteiger partial charge in [-0.2, -0.15) is 0 Å². The summed E-state index contributed by atoms with van der Waals surface area (Å²) in [7, 11) is 0. The minimum absolute atomic E-state index is 0.243. The monoisotopic (exact) mass is 408 g/mol. The lowest BCUT2D eigenvalue weighted by Crippen LogP contribution is -2.42. The highest BCUT2D eigenvalue weighted by atomic mass is 16.7. The summed E-state index contributed by atoms with van der Waals surface area (Å²) in [5.41, 5.74) is 2.25. The first-order valence-electron chi connectivity index (χ1n) is 9.60. The molecule has 3 rings (SSSR count). The Balaban J connectivity index is 1.82. The molecule has 1 saturated heterocycles. The Morgan fingerprint density at radius 2 is 1.50 bits per heavy atom. The first-order valence-corrected chi connectivity index (χ1v) is 9.60. The Hall–Kier alpha value is -3.61. The number of anilines is 2. The molecule has 1 amide bonds. The van der Waals surface area contributed by atoms with E-state index in [1.807, 2.05) is 24.3 Å².